The summed E-state index contributed by atoms with van der Waals surface area (Å²) in [7, 11) is 1.58. The van der Waals surface area contributed by atoms with Gasteiger partial charge in [-0.3, -0.25) is 15.1 Å². The summed E-state index contributed by atoms with van der Waals surface area (Å²) >= 11 is 5.77. The topological polar surface area (TPSA) is 55.5 Å². The zero-order valence-electron chi connectivity index (χ0n) is 6.90. The zero-order valence-corrected chi connectivity index (χ0v) is 7.65. The number of benzene rings is 1. The molecule has 1 aromatic rings. The van der Waals surface area contributed by atoms with Crippen molar-refractivity contribution >= 4 is 23.5 Å². The van der Waals surface area contributed by atoms with Crippen molar-refractivity contribution in [3.63, 3.8) is 0 Å². The smallest absolute Gasteiger partial charge is 0.270 e. The van der Waals surface area contributed by atoms with Crippen LogP contribution in [-0.4, -0.2) is 18.2 Å². The van der Waals surface area contributed by atoms with Gasteiger partial charge < -0.3 is 0 Å². The maximum Gasteiger partial charge on any atom is 0.270 e. The Morgan fingerprint density at radius 3 is 2.85 bits per heavy atom. The molecule has 0 saturated heterocycles. The van der Waals surface area contributed by atoms with Gasteiger partial charge in [0.25, 0.3) is 5.69 Å². The Labute approximate surface area is 80.0 Å². The van der Waals surface area contributed by atoms with Gasteiger partial charge in [0.05, 0.1) is 4.92 Å². The highest BCUT2D eigenvalue weighted by molar-refractivity contribution is 6.33. The SMILES string of the molecule is CN=Cc1cc([N+](=O)[O-])ccc1Cl. The molecule has 0 amide bonds. The number of hydrogen-bond donors (Lipinski definition) is 0. The number of non-ortho nitro benzene ring substituents is 1. The Morgan fingerprint density at radius 1 is 1.62 bits per heavy atom. The summed E-state index contributed by atoms with van der Waals surface area (Å²) in [6, 6.07) is 4.22. The predicted molar refractivity (Wildman–Crippen MR) is 51.6 cm³/mol. The summed E-state index contributed by atoms with van der Waals surface area (Å²) in [5.41, 5.74) is 0.567. The van der Waals surface area contributed by atoms with E-state index in [1.807, 2.05) is 0 Å². The fourth-order valence-electron chi connectivity index (χ4n) is 0.883. The third kappa shape index (κ3) is 2.26. The zero-order chi connectivity index (χ0) is 9.84. The Bertz CT molecular complexity index is 363. The van der Waals surface area contributed by atoms with E-state index in [4.69, 9.17) is 11.6 Å². The number of halogens is 1. The highest BCUT2D eigenvalue weighted by Gasteiger charge is 2.07. The average Bonchev–Trinajstić information content (AvgIpc) is 2.08. The van der Waals surface area contributed by atoms with Crippen LogP contribution in [0.1, 0.15) is 5.56 Å². The molecule has 0 aromatic heterocycles. The Balaban J connectivity index is 3.18. The number of rotatable bonds is 2. The lowest BCUT2D eigenvalue weighted by Crippen LogP contribution is -1.90. The van der Waals surface area contributed by atoms with Crippen molar-refractivity contribution in [2.24, 2.45) is 4.99 Å². The van der Waals surface area contributed by atoms with E-state index in [2.05, 4.69) is 4.99 Å². The quantitative estimate of drug-likeness (QED) is 0.416. The van der Waals surface area contributed by atoms with Gasteiger partial charge in [-0.25, -0.2) is 0 Å². The standard InChI is InChI=1S/C8H7ClN2O2/c1-10-5-6-4-7(11(12)13)2-3-8(6)9/h2-5H,1H3. The molecule has 5 heteroatoms. The molecule has 68 valence electrons. The molecule has 0 bridgehead atoms. The van der Waals surface area contributed by atoms with Crippen molar-refractivity contribution in [3.8, 4) is 0 Å². The van der Waals surface area contributed by atoms with Gasteiger partial charge in [-0.05, 0) is 6.07 Å². The second-order valence-corrected chi connectivity index (χ2v) is 2.76. The number of nitrogens with zero attached hydrogens (tertiary/aromatic N) is 2. The molecule has 1 rings (SSSR count). The maximum absolute atomic E-state index is 10.4. The highest BCUT2D eigenvalue weighted by Crippen LogP contribution is 2.20. The van der Waals surface area contributed by atoms with Gasteiger partial charge >= 0.3 is 0 Å². The molecular formula is C8H7ClN2O2. The fraction of sp³-hybridized carbons (Fsp3) is 0.125. The van der Waals surface area contributed by atoms with Gasteiger partial charge in [0, 0.05) is 36.0 Å². The van der Waals surface area contributed by atoms with Crippen molar-refractivity contribution in [2.45, 2.75) is 0 Å². The largest absolute Gasteiger partial charge is 0.296 e. The number of aliphatic imine (C=N–C) groups is 1. The number of nitro benzene ring substituents is 1. The highest BCUT2D eigenvalue weighted by atomic mass is 35.5. The Kier molecular flexibility index (Phi) is 2.97. The van der Waals surface area contributed by atoms with E-state index in [-0.39, 0.29) is 5.69 Å². The summed E-state index contributed by atoms with van der Waals surface area (Å²) in [4.78, 5) is 13.7. The van der Waals surface area contributed by atoms with Gasteiger partial charge in [0.1, 0.15) is 0 Å². The lowest BCUT2D eigenvalue weighted by atomic mass is 10.2. The van der Waals surface area contributed by atoms with E-state index in [9.17, 15) is 10.1 Å². The van der Waals surface area contributed by atoms with Gasteiger partial charge in [-0.2, -0.15) is 0 Å². The van der Waals surface area contributed by atoms with Crippen molar-refractivity contribution in [1.29, 1.82) is 0 Å². The predicted octanol–water partition coefficient (Wildman–Crippen LogP) is 2.30. The molecular weight excluding hydrogens is 192 g/mol. The Hall–Kier alpha value is -1.42. The fourth-order valence-corrected chi connectivity index (χ4v) is 1.05. The van der Waals surface area contributed by atoms with Crippen LogP contribution in [0.25, 0.3) is 0 Å². The first-order valence-corrected chi connectivity index (χ1v) is 3.89. The second kappa shape index (κ2) is 4.00. The molecule has 4 nitrogen and oxygen atoms in total. The molecule has 0 fully saturated rings. The van der Waals surface area contributed by atoms with Crippen molar-refractivity contribution in [1.82, 2.24) is 0 Å². The van der Waals surface area contributed by atoms with E-state index in [1.165, 1.54) is 24.4 Å². The molecule has 0 saturated carbocycles. The molecule has 13 heavy (non-hydrogen) atoms. The van der Waals surface area contributed by atoms with Crippen LogP contribution in [0, 0.1) is 10.1 Å². The Morgan fingerprint density at radius 2 is 2.31 bits per heavy atom. The summed E-state index contributed by atoms with van der Waals surface area (Å²) in [6.45, 7) is 0. The second-order valence-electron chi connectivity index (χ2n) is 2.35. The average molecular weight is 199 g/mol. The molecule has 0 aliphatic rings. The van der Waals surface area contributed by atoms with E-state index >= 15 is 0 Å². The van der Waals surface area contributed by atoms with Crippen LogP contribution in [-0.2, 0) is 0 Å². The minimum atomic E-state index is -0.469. The van der Waals surface area contributed by atoms with Crippen LogP contribution >= 0.6 is 11.6 Å². The molecule has 0 aliphatic carbocycles. The summed E-state index contributed by atoms with van der Waals surface area (Å²) in [5.74, 6) is 0. The lowest BCUT2D eigenvalue weighted by Gasteiger charge is -1.96. The van der Waals surface area contributed by atoms with Crippen LogP contribution < -0.4 is 0 Å². The third-order valence-corrected chi connectivity index (χ3v) is 1.80. The lowest BCUT2D eigenvalue weighted by molar-refractivity contribution is -0.384. The van der Waals surface area contributed by atoms with Crippen molar-refractivity contribution < 1.29 is 4.92 Å². The summed E-state index contributed by atoms with van der Waals surface area (Å²) in [6.07, 6.45) is 1.48. The molecule has 1 aromatic carbocycles. The molecule has 0 aliphatic heterocycles. The van der Waals surface area contributed by atoms with Gasteiger partial charge in [-0.15, -0.1) is 0 Å². The van der Waals surface area contributed by atoms with Crippen LogP contribution in [0.15, 0.2) is 23.2 Å². The van der Waals surface area contributed by atoms with Gasteiger partial charge in [0.2, 0.25) is 0 Å². The van der Waals surface area contributed by atoms with Crippen molar-refractivity contribution in [2.75, 3.05) is 7.05 Å². The summed E-state index contributed by atoms with van der Waals surface area (Å²) < 4.78 is 0. The van der Waals surface area contributed by atoms with Crippen LogP contribution in [0.2, 0.25) is 5.02 Å². The van der Waals surface area contributed by atoms with Gasteiger partial charge in [-0.1, -0.05) is 11.6 Å². The van der Waals surface area contributed by atoms with E-state index in [1.54, 1.807) is 7.05 Å². The number of nitro groups is 1. The minimum Gasteiger partial charge on any atom is -0.296 e. The number of hydrogen-bond acceptors (Lipinski definition) is 3. The first-order chi connectivity index (χ1) is 6.15. The summed E-state index contributed by atoms with van der Waals surface area (Å²) in [5, 5.41) is 10.8. The third-order valence-electron chi connectivity index (χ3n) is 1.46. The van der Waals surface area contributed by atoms with Crippen LogP contribution in [0.5, 0.6) is 0 Å². The monoisotopic (exact) mass is 198 g/mol. The molecule has 0 unspecified atom stereocenters. The first kappa shape index (κ1) is 9.67. The molecule has 0 radical (unpaired) electrons. The maximum atomic E-state index is 10.4. The van der Waals surface area contributed by atoms with Crippen LogP contribution in [0.4, 0.5) is 5.69 Å². The van der Waals surface area contributed by atoms with Crippen molar-refractivity contribution in [3.05, 3.63) is 38.9 Å². The van der Waals surface area contributed by atoms with E-state index < -0.39 is 4.92 Å². The first-order valence-electron chi connectivity index (χ1n) is 3.51. The van der Waals surface area contributed by atoms with Gasteiger partial charge in [0.15, 0.2) is 0 Å². The molecule has 0 spiro atoms. The van der Waals surface area contributed by atoms with E-state index in [0.29, 0.717) is 10.6 Å². The normalized spacial score (nSPS) is 10.6. The minimum absolute atomic E-state index is 0.0132. The molecule has 0 atom stereocenters. The molecule has 0 heterocycles. The van der Waals surface area contributed by atoms with Crippen LogP contribution in [0.3, 0.4) is 0 Å². The molecule has 0 N–H and O–H groups in total. The van der Waals surface area contributed by atoms with E-state index in [0.717, 1.165) is 0 Å².